The van der Waals surface area contributed by atoms with E-state index in [0.717, 1.165) is 22.3 Å². The second kappa shape index (κ2) is 4.60. The second-order valence-electron chi connectivity index (χ2n) is 3.36. The minimum Gasteiger partial charge on any atom is -0.481 e. The summed E-state index contributed by atoms with van der Waals surface area (Å²) < 4.78 is 0. The molecule has 0 fully saturated rings. The van der Waals surface area contributed by atoms with Crippen LogP contribution in [0.2, 0.25) is 0 Å². The van der Waals surface area contributed by atoms with E-state index >= 15 is 0 Å². The Morgan fingerprint density at radius 3 is 2.21 bits per heavy atom. The minimum atomic E-state index is -0.777. The summed E-state index contributed by atoms with van der Waals surface area (Å²) in [6.45, 7) is 3.95. The minimum absolute atomic E-state index is 0.106. The number of carbonyl (C=O) groups is 1. The molecule has 0 amide bonds. The Balaban J connectivity index is 3.22. The molecule has 0 unspecified atom stereocenters. The third-order valence-electron chi connectivity index (χ3n) is 2.36. The van der Waals surface area contributed by atoms with Gasteiger partial charge in [0.15, 0.2) is 0 Å². The van der Waals surface area contributed by atoms with E-state index in [0.29, 0.717) is 5.33 Å². The fourth-order valence-corrected chi connectivity index (χ4v) is 2.29. The van der Waals surface area contributed by atoms with Crippen molar-refractivity contribution in [3.8, 4) is 0 Å². The van der Waals surface area contributed by atoms with Gasteiger partial charge in [0.25, 0.3) is 0 Å². The molecular weight excluding hydrogens is 244 g/mol. The van der Waals surface area contributed by atoms with E-state index < -0.39 is 5.97 Å². The van der Waals surface area contributed by atoms with Crippen LogP contribution < -0.4 is 0 Å². The van der Waals surface area contributed by atoms with Crippen molar-refractivity contribution in [3.63, 3.8) is 0 Å². The number of hydrogen-bond acceptors (Lipinski definition) is 1. The lowest BCUT2D eigenvalue weighted by Gasteiger charge is -2.11. The summed E-state index contributed by atoms with van der Waals surface area (Å²) in [6, 6.07) is 4.00. The molecule has 0 bridgehead atoms. The highest BCUT2D eigenvalue weighted by Crippen LogP contribution is 2.21. The third kappa shape index (κ3) is 2.35. The molecule has 0 radical (unpaired) electrons. The van der Waals surface area contributed by atoms with Crippen molar-refractivity contribution in [3.05, 3.63) is 34.4 Å². The molecule has 0 aliphatic carbocycles. The van der Waals surface area contributed by atoms with E-state index in [-0.39, 0.29) is 6.42 Å². The Labute approximate surface area is 92.1 Å². The van der Waals surface area contributed by atoms with E-state index in [4.69, 9.17) is 5.11 Å². The molecular formula is C11H13BrO2. The van der Waals surface area contributed by atoms with Crippen LogP contribution in [0.4, 0.5) is 0 Å². The predicted octanol–water partition coefficient (Wildman–Crippen LogP) is 2.83. The lowest BCUT2D eigenvalue weighted by Crippen LogP contribution is -2.06. The first-order chi connectivity index (χ1) is 6.56. The highest BCUT2D eigenvalue weighted by atomic mass is 79.9. The Kier molecular flexibility index (Phi) is 3.69. The zero-order valence-corrected chi connectivity index (χ0v) is 9.89. The van der Waals surface area contributed by atoms with Gasteiger partial charge in [-0.1, -0.05) is 28.1 Å². The number of halogens is 1. The van der Waals surface area contributed by atoms with Gasteiger partial charge in [-0.05, 0) is 36.1 Å². The lowest BCUT2D eigenvalue weighted by atomic mass is 9.96. The summed E-state index contributed by atoms with van der Waals surface area (Å²) >= 11 is 3.39. The van der Waals surface area contributed by atoms with Crippen molar-refractivity contribution in [2.24, 2.45) is 0 Å². The second-order valence-corrected chi connectivity index (χ2v) is 3.92. The monoisotopic (exact) mass is 256 g/mol. The van der Waals surface area contributed by atoms with Gasteiger partial charge in [0.2, 0.25) is 0 Å². The van der Waals surface area contributed by atoms with E-state index in [1.54, 1.807) is 0 Å². The number of carboxylic acids is 1. The Hall–Kier alpha value is -0.830. The Morgan fingerprint density at radius 2 is 1.79 bits per heavy atom. The number of rotatable bonds is 3. The molecule has 1 rings (SSSR count). The van der Waals surface area contributed by atoms with Gasteiger partial charge in [0, 0.05) is 5.33 Å². The van der Waals surface area contributed by atoms with Crippen LogP contribution >= 0.6 is 15.9 Å². The van der Waals surface area contributed by atoms with Crippen LogP contribution in [0.1, 0.15) is 22.3 Å². The third-order valence-corrected chi connectivity index (χ3v) is 2.92. The van der Waals surface area contributed by atoms with E-state index in [2.05, 4.69) is 15.9 Å². The highest BCUT2D eigenvalue weighted by Gasteiger charge is 2.10. The summed E-state index contributed by atoms with van der Waals surface area (Å²) in [5.74, 6) is -0.777. The zero-order valence-electron chi connectivity index (χ0n) is 8.30. The number of benzene rings is 1. The normalized spacial score (nSPS) is 10.2. The molecule has 1 aromatic rings. The van der Waals surface area contributed by atoms with Crippen molar-refractivity contribution in [1.29, 1.82) is 0 Å². The summed E-state index contributed by atoms with van der Waals surface area (Å²) in [5, 5.41) is 9.50. The molecule has 1 aromatic carbocycles. The maximum Gasteiger partial charge on any atom is 0.307 e. The highest BCUT2D eigenvalue weighted by molar-refractivity contribution is 9.08. The van der Waals surface area contributed by atoms with Crippen LogP contribution in [0.3, 0.4) is 0 Å². The van der Waals surface area contributed by atoms with Crippen molar-refractivity contribution >= 4 is 21.9 Å². The average molecular weight is 257 g/mol. The predicted molar refractivity (Wildman–Crippen MR) is 59.9 cm³/mol. The summed E-state index contributed by atoms with van der Waals surface area (Å²) in [7, 11) is 0. The SMILES string of the molecule is Cc1ccc(C)c(CC(=O)O)c1CBr. The number of aryl methyl sites for hydroxylation is 2. The first-order valence-corrected chi connectivity index (χ1v) is 5.54. The molecule has 0 saturated carbocycles. The number of alkyl halides is 1. The summed E-state index contributed by atoms with van der Waals surface area (Å²) in [4.78, 5) is 10.7. The van der Waals surface area contributed by atoms with Gasteiger partial charge < -0.3 is 5.11 Å². The van der Waals surface area contributed by atoms with Gasteiger partial charge >= 0.3 is 5.97 Å². The van der Waals surface area contributed by atoms with Gasteiger partial charge in [0.1, 0.15) is 0 Å². The number of aliphatic carboxylic acids is 1. The van der Waals surface area contributed by atoms with E-state index in [9.17, 15) is 4.79 Å². The summed E-state index contributed by atoms with van der Waals surface area (Å²) in [5.41, 5.74) is 4.23. The van der Waals surface area contributed by atoms with Crippen molar-refractivity contribution in [2.45, 2.75) is 25.6 Å². The van der Waals surface area contributed by atoms with Crippen LogP contribution in [-0.4, -0.2) is 11.1 Å². The van der Waals surface area contributed by atoms with Crippen LogP contribution in [0.5, 0.6) is 0 Å². The van der Waals surface area contributed by atoms with E-state index in [1.807, 2.05) is 26.0 Å². The smallest absolute Gasteiger partial charge is 0.307 e. The molecule has 2 nitrogen and oxygen atoms in total. The summed E-state index contributed by atoms with van der Waals surface area (Å²) in [6.07, 6.45) is 0.106. The molecule has 3 heteroatoms. The Morgan fingerprint density at radius 1 is 1.29 bits per heavy atom. The van der Waals surface area contributed by atoms with Gasteiger partial charge in [-0.15, -0.1) is 0 Å². The molecule has 0 aliphatic rings. The van der Waals surface area contributed by atoms with Crippen LogP contribution in [-0.2, 0) is 16.5 Å². The maximum atomic E-state index is 10.7. The van der Waals surface area contributed by atoms with Gasteiger partial charge in [0.05, 0.1) is 6.42 Å². The molecule has 0 spiro atoms. The van der Waals surface area contributed by atoms with Crippen molar-refractivity contribution in [2.75, 3.05) is 0 Å². The average Bonchev–Trinajstić information content (AvgIpc) is 2.11. The Bertz CT molecular complexity index is 359. The molecule has 0 heterocycles. The van der Waals surface area contributed by atoms with Crippen molar-refractivity contribution in [1.82, 2.24) is 0 Å². The van der Waals surface area contributed by atoms with Gasteiger partial charge in [-0.25, -0.2) is 0 Å². The molecule has 0 aromatic heterocycles. The maximum absolute atomic E-state index is 10.7. The first-order valence-electron chi connectivity index (χ1n) is 4.42. The van der Waals surface area contributed by atoms with Gasteiger partial charge in [-0.2, -0.15) is 0 Å². The molecule has 0 saturated heterocycles. The molecule has 76 valence electrons. The van der Waals surface area contributed by atoms with Crippen LogP contribution in [0.15, 0.2) is 12.1 Å². The molecule has 0 aliphatic heterocycles. The number of carboxylic acid groups (broad SMARTS) is 1. The fraction of sp³-hybridized carbons (Fsp3) is 0.364. The molecule has 1 N–H and O–H groups in total. The van der Waals surface area contributed by atoms with Crippen LogP contribution in [0, 0.1) is 13.8 Å². The molecule has 14 heavy (non-hydrogen) atoms. The van der Waals surface area contributed by atoms with Crippen LogP contribution in [0.25, 0.3) is 0 Å². The standard InChI is InChI=1S/C11H13BrO2/c1-7-3-4-8(2)10(6-12)9(7)5-11(13)14/h3-4H,5-6H2,1-2H3,(H,13,14). The first kappa shape index (κ1) is 11.2. The van der Waals surface area contributed by atoms with Crippen molar-refractivity contribution < 1.29 is 9.90 Å². The lowest BCUT2D eigenvalue weighted by molar-refractivity contribution is -0.136. The quantitative estimate of drug-likeness (QED) is 0.845. The largest absolute Gasteiger partial charge is 0.481 e. The zero-order chi connectivity index (χ0) is 10.7. The fourth-order valence-electron chi connectivity index (χ4n) is 1.51. The topological polar surface area (TPSA) is 37.3 Å². The van der Waals surface area contributed by atoms with E-state index in [1.165, 1.54) is 0 Å². The number of hydrogen-bond donors (Lipinski definition) is 1. The van der Waals surface area contributed by atoms with Gasteiger partial charge in [-0.3, -0.25) is 4.79 Å². The molecule has 0 atom stereocenters.